The van der Waals surface area contributed by atoms with Crippen LogP contribution in [0.25, 0.3) is 0 Å². The average molecular weight is 508 g/mol. The second-order valence-corrected chi connectivity index (χ2v) is 9.81. The van der Waals surface area contributed by atoms with Crippen molar-refractivity contribution in [1.29, 1.82) is 0 Å². The molecule has 1 saturated heterocycles. The molecule has 3 unspecified atom stereocenters. The fraction of sp³-hybridized carbons (Fsp3) is 0.212. The SMILES string of the molecule is Cc1ccc(C(C=O)CCC2C(=O)N(c3ccc(F)cc3)C2c2ccc(OCc3ccccc3)cc2)cc1. The minimum atomic E-state index is -0.346. The quantitative estimate of drug-likeness (QED) is 0.169. The van der Waals surface area contributed by atoms with Crippen molar-refractivity contribution in [3.8, 4) is 5.75 Å². The summed E-state index contributed by atoms with van der Waals surface area (Å²) in [6, 6.07) is 31.5. The topological polar surface area (TPSA) is 46.6 Å². The number of carbonyl (C=O) groups excluding carboxylic acids is 2. The molecule has 1 fully saturated rings. The molecule has 5 rings (SSSR count). The second kappa shape index (κ2) is 11.4. The van der Waals surface area contributed by atoms with Gasteiger partial charge < -0.3 is 14.4 Å². The Balaban J connectivity index is 1.34. The van der Waals surface area contributed by atoms with Crippen LogP contribution in [0, 0.1) is 18.7 Å². The lowest BCUT2D eigenvalue weighted by Gasteiger charge is -2.48. The Hall–Kier alpha value is -4.25. The maximum absolute atomic E-state index is 13.6. The van der Waals surface area contributed by atoms with Gasteiger partial charge in [0.25, 0.3) is 0 Å². The lowest BCUT2D eigenvalue weighted by atomic mass is 9.77. The van der Waals surface area contributed by atoms with Crippen molar-refractivity contribution in [2.24, 2.45) is 5.92 Å². The van der Waals surface area contributed by atoms with E-state index < -0.39 is 0 Å². The minimum Gasteiger partial charge on any atom is -0.489 e. The van der Waals surface area contributed by atoms with Crippen molar-refractivity contribution in [1.82, 2.24) is 0 Å². The van der Waals surface area contributed by atoms with E-state index in [0.29, 0.717) is 25.1 Å². The molecule has 0 saturated carbocycles. The van der Waals surface area contributed by atoms with Gasteiger partial charge in [0.05, 0.1) is 12.0 Å². The third-order valence-corrected chi connectivity index (χ3v) is 7.25. The van der Waals surface area contributed by atoms with Gasteiger partial charge in [0, 0.05) is 11.6 Å². The van der Waals surface area contributed by atoms with Crippen LogP contribution in [0.15, 0.2) is 103 Å². The Bertz CT molecular complexity index is 1370. The van der Waals surface area contributed by atoms with Crippen LogP contribution in [-0.4, -0.2) is 12.2 Å². The number of aldehydes is 1. The largest absolute Gasteiger partial charge is 0.489 e. The standard InChI is InChI=1S/C33H30FNO3/c1-23-7-9-25(10-8-23)27(21-36)13-20-31-32(35(33(31)37)29-16-14-28(34)15-17-29)26-11-18-30(19-12-26)38-22-24-5-3-2-4-6-24/h2-12,14-19,21,27,31-32H,13,20,22H2,1H3. The maximum atomic E-state index is 13.6. The molecule has 5 heteroatoms. The Morgan fingerprint density at radius 2 is 1.58 bits per heavy atom. The van der Waals surface area contributed by atoms with E-state index in [1.54, 1.807) is 17.0 Å². The Morgan fingerprint density at radius 3 is 2.24 bits per heavy atom. The van der Waals surface area contributed by atoms with Gasteiger partial charge in [0.15, 0.2) is 0 Å². The molecule has 0 aliphatic carbocycles. The smallest absolute Gasteiger partial charge is 0.233 e. The van der Waals surface area contributed by atoms with Crippen LogP contribution in [0.1, 0.15) is 47.1 Å². The highest BCUT2D eigenvalue weighted by atomic mass is 19.1. The molecule has 0 N–H and O–H groups in total. The van der Waals surface area contributed by atoms with Gasteiger partial charge in [-0.05, 0) is 72.9 Å². The number of amides is 1. The molecule has 4 aromatic carbocycles. The van der Waals surface area contributed by atoms with E-state index in [1.165, 1.54) is 12.1 Å². The molecule has 192 valence electrons. The van der Waals surface area contributed by atoms with Crippen molar-refractivity contribution in [2.75, 3.05) is 4.90 Å². The summed E-state index contributed by atoms with van der Waals surface area (Å²) in [5.74, 6) is -0.156. The first kappa shape index (κ1) is 25.4. The number of nitrogens with zero attached hydrogens (tertiary/aromatic N) is 1. The minimum absolute atomic E-state index is 0.0143. The Labute approximate surface area is 222 Å². The van der Waals surface area contributed by atoms with Gasteiger partial charge in [-0.1, -0.05) is 72.3 Å². The van der Waals surface area contributed by atoms with Crippen LogP contribution in [0.3, 0.4) is 0 Å². The summed E-state index contributed by atoms with van der Waals surface area (Å²) in [4.78, 5) is 27.0. The maximum Gasteiger partial charge on any atom is 0.233 e. The molecule has 0 radical (unpaired) electrons. The summed E-state index contributed by atoms with van der Waals surface area (Å²) in [7, 11) is 0. The highest BCUT2D eigenvalue weighted by Crippen LogP contribution is 2.46. The molecular formula is C33H30FNO3. The van der Waals surface area contributed by atoms with Gasteiger partial charge >= 0.3 is 0 Å². The summed E-state index contributed by atoms with van der Waals surface area (Å²) in [5, 5.41) is 0. The molecule has 38 heavy (non-hydrogen) atoms. The first-order chi connectivity index (χ1) is 18.5. The van der Waals surface area contributed by atoms with E-state index in [1.807, 2.05) is 85.8 Å². The predicted octanol–water partition coefficient (Wildman–Crippen LogP) is 7.18. The fourth-order valence-corrected chi connectivity index (χ4v) is 5.09. The van der Waals surface area contributed by atoms with Crippen LogP contribution >= 0.6 is 0 Å². The summed E-state index contributed by atoms with van der Waals surface area (Å²) >= 11 is 0. The lowest BCUT2D eigenvalue weighted by Crippen LogP contribution is -2.55. The van der Waals surface area contributed by atoms with E-state index in [0.717, 1.165) is 34.3 Å². The first-order valence-electron chi connectivity index (χ1n) is 12.9. The predicted molar refractivity (Wildman–Crippen MR) is 147 cm³/mol. The van der Waals surface area contributed by atoms with Crippen LogP contribution in [0.5, 0.6) is 5.75 Å². The zero-order valence-corrected chi connectivity index (χ0v) is 21.3. The number of ether oxygens (including phenoxy) is 1. The monoisotopic (exact) mass is 507 g/mol. The molecule has 3 atom stereocenters. The van der Waals surface area contributed by atoms with Crippen molar-refractivity contribution < 1.29 is 18.7 Å². The van der Waals surface area contributed by atoms with Crippen molar-refractivity contribution in [3.05, 3.63) is 131 Å². The molecule has 0 bridgehead atoms. The summed E-state index contributed by atoms with van der Waals surface area (Å²) in [6.07, 6.45) is 2.12. The molecule has 1 aliphatic heterocycles. The molecule has 1 heterocycles. The molecule has 0 aromatic heterocycles. The summed E-state index contributed by atoms with van der Waals surface area (Å²) in [5.41, 5.74) is 4.82. The molecule has 1 amide bonds. The van der Waals surface area contributed by atoms with E-state index in [-0.39, 0.29) is 29.6 Å². The molecule has 1 aliphatic rings. The van der Waals surface area contributed by atoms with E-state index in [2.05, 4.69) is 0 Å². The third kappa shape index (κ3) is 5.52. The van der Waals surface area contributed by atoms with E-state index in [4.69, 9.17) is 4.74 Å². The third-order valence-electron chi connectivity index (χ3n) is 7.25. The van der Waals surface area contributed by atoms with Crippen LogP contribution in [-0.2, 0) is 16.2 Å². The number of halogens is 1. The number of rotatable bonds is 10. The first-order valence-corrected chi connectivity index (χ1v) is 12.9. The molecule has 4 nitrogen and oxygen atoms in total. The number of benzene rings is 4. The fourth-order valence-electron chi connectivity index (χ4n) is 5.09. The zero-order chi connectivity index (χ0) is 26.5. The van der Waals surface area contributed by atoms with Gasteiger partial charge in [-0.2, -0.15) is 0 Å². The number of aryl methyl sites for hydroxylation is 1. The number of β-lactam (4-membered cyclic amide) rings is 1. The van der Waals surface area contributed by atoms with Gasteiger partial charge in [-0.15, -0.1) is 0 Å². The average Bonchev–Trinajstić information content (AvgIpc) is 2.95. The van der Waals surface area contributed by atoms with Crippen molar-refractivity contribution >= 4 is 17.9 Å². The molecule has 0 spiro atoms. The summed E-state index contributed by atoms with van der Waals surface area (Å²) < 4.78 is 19.5. The van der Waals surface area contributed by atoms with Crippen LogP contribution in [0.4, 0.5) is 10.1 Å². The molecular weight excluding hydrogens is 477 g/mol. The van der Waals surface area contributed by atoms with Gasteiger partial charge in [0.2, 0.25) is 5.91 Å². The highest BCUT2D eigenvalue weighted by molar-refractivity contribution is 6.03. The molecule has 4 aromatic rings. The van der Waals surface area contributed by atoms with Crippen LogP contribution < -0.4 is 9.64 Å². The number of carbonyl (C=O) groups is 2. The van der Waals surface area contributed by atoms with Crippen molar-refractivity contribution in [3.63, 3.8) is 0 Å². The highest BCUT2D eigenvalue weighted by Gasteiger charge is 2.48. The van der Waals surface area contributed by atoms with Crippen LogP contribution in [0.2, 0.25) is 0 Å². The van der Waals surface area contributed by atoms with Gasteiger partial charge in [-0.3, -0.25) is 4.79 Å². The number of anilines is 1. The number of hydrogen-bond acceptors (Lipinski definition) is 3. The zero-order valence-electron chi connectivity index (χ0n) is 21.3. The van der Waals surface area contributed by atoms with E-state index >= 15 is 0 Å². The Morgan fingerprint density at radius 1 is 0.895 bits per heavy atom. The van der Waals surface area contributed by atoms with Gasteiger partial charge in [-0.25, -0.2) is 4.39 Å². The van der Waals surface area contributed by atoms with Gasteiger partial charge in [0.1, 0.15) is 24.5 Å². The lowest BCUT2D eigenvalue weighted by molar-refractivity contribution is -0.131. The van der Waals surface area contributed by atoms with Crippen molar-refractivity contribution in [2.45, 2.75) is 38.3 Å². The normalized spacial score (nSPS) is 17.5. The second-order valence-electron chi connectivity index (χ2n) is 9.81. The van der Waals surface area contributed by atoms with E-state index in [9.17, 15) is 14.0 Å². The summed E-state index contributed by atoms with van der Waals surface area (Å²) in [6.45, 7) is 2.48. The number of hydrogen-bond donors (Lipinski definition) is 0. The Kier molecular flexibility index (Phi) is 7.64.